The van der Waals surface area contributed by atoms with Gasteiger partial charge in [-0.15, -0.1) is 0 Å². The van der Waals surface area contributed by atoms with Crippen LogP contribution < -0.4 is 0 Å². The summed E-state index contributed by atoms with van der Waals surface area (Å²) < 4.78 is 1.49. The van der Waals surface area contributed by atoms with Crippen LogP contribution in [0.25, 0.3) is 0 Å². The number of hydrogen-bond donors (Lipinski definition) is 0. The summed E-state index contributed by atoms with van der Waals surface area (Å²) in [6, 6.07) is 0. The van der Waals surface area contributed by atoms with Crippen LogP contribution in [-0.4, -0.2) is 30.7 Å². The van der Waals surface area contributed by atoms with Crippen LogP contribution in [0.1, 0.15) is 342 Å². The maximum absolute atomic E-state index is 2.34. The van der Waals surface area contributed by atoms with Gasteiger partial charge in [0.2, 0.25) is 0 Å². The van der Waals surface area contributed by atoms with Crippen molar-refractivity contribution >= 4 is 0 Å². The van der Waals surface area contributed by atoms with Crippen LogP contribution in [0.15, 0.2) is 0 Å². The van der Waals surface area contributed by atoms with E-state index in [0.717, 1.165) is 0 Å². The van der Waals surface area contributed by atoms with E-state index in [1.165, 1.54) is 345 Å². The first kappa shape index (κ1) is 58.0. The van der Waals surface area contributed by atoms with Gasteiger partial charge in [0.15, 0.2) is 0 Å². The first-order chi connectivity index (χ1) is 28.7. The Bertz CT molecular complexity index is 625. The van der Waals surface area contributed by atoms with Gasteiger partial charge in [-0.05, 0) is 51.4 Å². The topological polar surface area (TPSA) is 0 Å². The zero-order valence-electron chi connectivity index (χ0n) is 41.9. The minimum Gasteiger partial charge on any atom is -0.324 e. The lowest BCUT2D eigenvalue weighted by molar-refractivity contribution is -0.929. The molecule has 0 aliphatic carbocycles. The number of nitrogens with zero attached hydrogens (tertiary/aromatic N) is 1. The molecule has 1 heteroatoms. The number of quaternary nitrogens is 1. The Hall–Kier alpha value is -0.0400. The zero-order valence-corrected chi connectivity index (χ0v) is 41.9. The van der Waals surface area contributed by atoms with Crippen molar-refractivity contribution < 1.29 is 4.48 Å². The molecule has 0 saturated carbocycles. The lowest BCUT2D eigenvalue weighted by atomic mass is 10.0. The normalized spacial score (nSPS) is 12.0. The molecule has 0 N–H and O–H groups in total. The van der Waals surface area contributed by atoms with E-state index in [1.54, 1.807) is 0 Å². The van der Waals surface area contributed by atoms with Gasteiger partial charge in [-0.1, -0.05) is 291 Å². The van der Waals surface area contributed by atoms with E-state index in [0.29, 0.717) is 0 Å². The number of unbranched alkanes of at least 4 members (excludes halogenated alkanes) is 45. The van der Waals surface area contributed by atoms with Crippen LogP contribution in [-0.2, 0) is 0 Å². The highest BCUT2D eigenvalue weighted by atomic mass is 15.3. The molecule has 0 spiro atoms. The van der Waals surface area contributed by atoms with Crippen molar-refractivity contribution in [2.24, 2.45) is 0 Å². The minimum atomic E-state index is 1.37. The maximum Gasteiger partial charge on any atom is 0.0786 e. The molecular formula is C57H118N+. The predicted octanol–water partition coefficient (Wildman–Crippen LogP) is 21.0. The molecule has 0 saturated heterocycles. The monoisotopic (exact) mass is 817 g/mol. The fourth-order valence-electron chi connectivity index (χ4n) is 10.0. The van der Waals surface area contributed by atoms with Gasteiger partial charge in [-0.3, -0.25) is 0 Å². The van der Waals surface area contributed by atoms with Crippen LogP contribution in [0.3, 0.4) is 0 Å². The van der Waals surface area contributed by atoms with E-state index in [2.05, 4.69) is 27.7 Å². The molecule has 0 unspecified atom stereocenters. The van der Waals surface area contributed by atoms with E-state index >= 15 is 0 Å². The van der Waals surface area contributed by atoms with Crippen LogP contribution >= 0.6 is 0 Å². The predicted molar refractivity (Wildman–Crippen MR) is 269 cm³/mol. The quantitative estimate of drug-likeness (QED) is 0.0424. The molecule has 0 heterocycles. The molecule has 0 amide bonds. The zero-order chi connectivity index (χ0) is 42.0. The van der Waals surface area contributed by atoms with Gasteiger partial charge in [0.05, 0.1) is 26.2 Å². The summed E-state index contributed by atoms with van der Waals surface area (Å²) in [5, 5.41) is 0. The third-order valence-corrected chi connectivity index (χ3v) is 14.2. The highest BCUT2D eigenvalue weighted by Crippen LogP contribution is 2.22. The Labute approximate surface area is 371 Å². The lowest BCUT2D eigenvalue weighted by Crippen LogP contribution is -2.50. The molecule has 0 rings (SSSR count). The number of hydrogen-bond acceptors (Lipinski definition) is 0. The average molecular weight is 818 g/mol. The molecule has 0 aliphatic rings. The lowest BCUT2D eigenvalue weighted by Gasteiger charge is -2.40. The molecule has 0 aromatic heterocycles. The summed E-state index contributed by atoms with van der Waals surface area (Å²) in [7, 11) is 0. The van der Waals surface area contributed by atoms with Crippen LogP contribution in [0, 0.1) is 0 Å². The van der Waals surface area contributed by atoms with Gasteiger partial charge >= 0.3 is 0 Å². The van der Waals surface area contributed by atoms with E-state index in [1.807, 2.05) is 0 Å². The molecule has 1 nitrogen and oxygen atoms in total. The van der Waals surface area contributed by atoms with Crippen molar-refractivity contribution in [3.05, 3.63) is 0 Å². The SMILES string of the molecule is CCCCCCCCCCCCCCC[N+](CCCCCCCCCCCC)(CCCCCCCCCCCCCCC)CCCCCCCCCCCCCCC. The Kier molecular flexibility index (Phi) is 51.3. The molecule has 0 aromatic carbocycles. The average Bonchev–Trinajstić information content (AvgIpc) is 3.23. The summed E-state index contributed by atoms with van der Waals surface area (Å²) in [5.74, 6) is 0. The van der Waals surface area contributed by atoms with Gasteiger partial charge in [-0.2, -0.15) is 0 Å². The van der Waals surface area contributed by atoms with Crippen molar-refractivity contribution in [2.45, 2.75) is 342 Å². The first-order valence-electron chi connectivity index (χ1n) is 28.6. The third-order valence-electron chi connectivity index (χ3n) is 14.2. The highest BCUT2D eigenvalue weighted by Gasteiger charge is 2.25. The Morgan fingerprint density at radius 1 is 0.138 bits per heavy atom. The van der Waals surface area contributed by atoms with Crippen LogP contribution in [0.2, 0.25) is 0 Å². The Morgan fingerprint density at radius 2 is 0.241 bits per heavy atom. The van der Waals surface area contributed by atoms with Gasteiger partial charge in [0.25, 0.3) is 0 Å². The van der Waals surface area contributed by atoms with E-state index < -0.39 is 0 Å². The molecule has 0 bridgehead atoms. The van der Waals surface area contributed by atoms with Crippen LogP contribution in [0.5, 0.6) is 0 Å². The Morgan fingerprint density at radius 3 is 0.362 bits per heavy atom. The molecule has 0 atom stereocenters. The van der Waals surface area contributed by atoms with Crippen molar-refractivity contribution in [3.8, 4) is 0 Å². The minimum absolute atomic E-state index is 1.37. The van der Waals surface area contributed by atoms with Gasteiger partial charge in [0.1, 0.15) is 0 Å². The molecule has 0 aliphatic heterocycles. The molecule has 0 aromatic rings. The van der Waals surface area contributed by atoms with E-state index in [4.69, 9.17) is 0 Å². The van der Waals surface area contributed by atoms with Crippen molar-refractivity contribution in [2.75, 3.05) is 26.2 Å². The second-order valence-corrected chi connectivity index (χ2v) is 20.1. The molecule has 0 fully saturated rings. The molecule has 0 radical (unpaired) electrons. The van der Waals surface area contributed by atoms with Gasteiger partial charge < -0.3 is 4.48 Å². The van der Waals surface area contributed by atoms with Gasteiger partial charge in [-0.25, -0.2) is 0 Å². The first-order valence-corrected chi connectivity index (χ1v) is 28.6. The summed E-state index contributed by atoms with van der Waals surface area (Å²) in [6.07, 6.45) is 72.2. The summed E-state index contributed by atoms with van der Waals surface area (Å²) in [4.78, 5) is 0. The third kappa shape index (κ3) is 45.5. The number of rotatable bonds is 53. The van der Waals surface area contributed by atoms with Crippen molar-refractivity contribution in [3.63, 3.8) is 0 Å². The standard InChI is InChI=1S/C57H118N/c1-5-9-13-17-21-25-29-32-35-39-43-47-51-55-58(54-50-46-42-38-28-24-20-16-12-8-4,56-52-48-44-40-36-33-30-26-22-18-14-10-6-2)57-53-49-45-41-37-34-31-27-23-19-15-11-7-3/h5-57H2,1-4H3/q+1. The fraction of sp³-hybridized carbons (Fsp3) is 1.00. The molecule has 58 heavy (non-hydrogen) atoms. The molecular weight excluding hydrogens is 699 g/mol. The second-order valence-electron chi connectivity index (χ2n) is 20.1. The van der Waals surface area contributed by atoms with Crippen molar-refractivity contribution in [1.29, 1.82) is 0 Å². The molecule has 350 valence electrons. The fourth-order valence-corrected chi connectivity index (χ4v) is 10.0. The van der Waals surface area contributed by atoms with E-state index in [-0.39, 0.29) is 0 Å². The van der Waals surface area contributed by atoms with E-state index in [9.17, 15) is 0 Å². The second kappa shape index (κ2) is 51.3. The summed E-state index contributed by atoms with van der Waals surface area (Å²) in [6.45, 7) is 15.3. The van der Waals surface area contributed by atoms with Crippen LogP contribution in [0.4, 0.5) is 0 Å². The largest absolute Gasteiger partial charge is 0.324 e. The summed E-state index contributed by atoms with van der Waals surface area (Å²) in [5.41, 5.74) is 0. The smallest absolute Gasteiger partial charge is 0.0786 e. The Balaban J connectivity index is 4.89. The van der Waals surface area contributed by atoms with Gasteiger partial charge in [0, 0.05) is 0 Å². The summed E-state index contributed by atoms with van der Waals surface area (Å²) >= 11 is 0. The highest BCUT2D eigenvalue weighted by molar-refractivity contribution is 4.57. The van der Waals surface area contributed by atoms with Crippen molar-refractivity contribution in [1.82, 2.24) is 0 Å². The maximum atomic E-state index is 2.34.